The predicted octanol–water partition coefficient (Wildman–Crippen LogP) is 4.04. The van der Waals surface area contributed by atoms with Crippen LogP contribution in [0.15, 0.2) is 16.7 Å². The minimum absolute atomic E-state index is 0.507. The van der Waals surface area contributed by atoms with Crippen molar-refractivity contribution >= 4 is 0 Å². The molecule has 1 aromatic rings. The van der Waals surface area contributed by atoms with Gasteiger partial charge in [0.25, 0.3) is 0 Å². The number of rotatable bonds is 6. The van der Waals surface area contributed by atoms with Gasteiger partial charge in [-0.05, 0) is 56.3 Å². The molecule has 0 saturated carbocycles. The van der Waals surface area contributed by atoms with E-state index in [2.05, 4.69) is 44.0 Å². The van der Waals surface area contributed by atoms with Crippen LogP contribution in [0.1, 0.15) is 58.3 Å². The van der Waals surface area contributed by atoms with Crippen LogP contribution in [0.4, 0.5) is 0 Å². The van der Waals surface area contributed by atoms with Crippen molar-refractivity contribution < 1.29 is 4.42 Å². The third-order valence-corrected chi connectivity index (χ3v) is 4.50. The minimum Gasteiger partial charge on any atom is -0.468 e. The summed E-state index contributed by atoms with van der Waals surface area (Å²) in [5.74, 6) is 1.79. The third kappa shape index (κ3) is 5.48. The fraction of sp³-hybridized carbons (Fsp3) is 0.778. The first kappa shape index (κ1) is 16.6. The van der Waals surface area contributed by atoms with Gasteiger partial charge in [0.2, 0.25) is 0 Å². The van der Waals surface area contributed by atoms with E-state index >= 15 is 0 Å². The number of hydrogen-bond donors (Lipinski definition) is 1. The van der Waals surface area contributed by atoms with Crippen LogP contribution in [0.2, 0.25) is 0 Å². The van der Waals surface area contributed by atoms with E-state index < -0.39 is 0 Å². The maximum atomic E-state index is 5.67. The number of furan rings is 1. The van der Waals surface area contributed by atoms with Gasteiger partial charge in [-0.25, -0.2) is 0 Å². The summed E-state index contributed by atoms with van der Waals surface area (Å²) in [7, 11) is 0. The summed E-state index contributed by atoms with van der Waals surface area (Å²) < 4.78 is 5.67. The molecule has 120 valence electrons. The van der Waals surface area contributed by atoms with Crippen LogP contribution >= 0.6 is 0 Å². The first-order valence-corrected chi connectivity index (χ1v) is 8.44. The normalized spacial score (nSPS) is 19.9. The molecule has 0 atom stereocenters. The maximum Gasteiger partial charge on any atom is 0.122 e. The summed E-state index contributed by atoms with van der Waals surface area (Å²) in [5, 5.41) is 3.48. The van der Waals surface area contributed by atoms with Crippen molar-refractivity contribution in [2.24, 2.45) is 11.3 Å². The zero-order chi connectivity index (χ0) is 15.3. The molecule has 0 radical (unpaired) electrons. The van der Waals surface area contributed by atoms with Crippen molar-refractivity contribution in [2.75, 3.05) is 19.6 Å². The molecule has 1 fully saturated rings. The molecular weight excluding hydrogens is 260 g/mol. The summed E-state index contributed by atoms with van der Waals surface area (Å²) in [6.07, 6.45) is 5.79. The van der Waals surface area contributed by atoms with Gasteiger partial charge in [0.1, 0.15) is 5.76 Å². The largest absolute Gasteiger partial charge is 0.468 e. The lowest BCUT2D eigenvalue weighted by Gasteiger charge is -2.23. The van der Waals surface area contributed by atoms with E-state index in [-0.39, 0.29) is 0 Å². The zero-order valence-electron chi connectivity index (χ0n) is 14.2. The lowest BCUT2D eigenvalue weighted by atomic mass is 9.85. The van der Waals surface area contributed by atoms with Crippen molar-refractivity contribution in [3.63, 3.8) is 0 Å². The van der Waals surface area contributed by atoms with Crippen LogP contribution in [-0.4, -0.2) is 24.5 Å². The molecule has 0 bridgehead atoms. The van der Waals surface area contributed by atoms with Crippen LogP contribution in [0.5, 0.6) is 0 Å². The molecule has 21 heavy (non-hydrogen) atoms. The maximum absolute atomic E-state index is 5.67. The number of nitrogens with one attached hydrogen (secondary N) is 1. The van der Waals surface area contributed by atoms with Crippen LogP contribution in [0.3, 0.4) is 0 Å². The van der Waals surface area contributed by atoms with Crippen molar-refractivity contribution in [2.45, 2.75) is 60.0 Å². The first-order valence-electron chi connectivity index (χ1n) is 8.44. The Morgan fingerprint density at radius 2 is 2.10 bits per heavy atom. The molecule has 0 aliphatic carbocycles. The highest BCUT2D eigenvalue weighted by molar-refractivity contribution is 5.17. The Morgan fingerprint density at radius 1 is 1.29 bits per heavy atom. The van der Waals surface area contributed by atoms with Gasteiger partial charge in [-0.1, -0.05) is 27.7 Å². The third-order valence-electron chi connectivity index (χ3n) is 4.50. The van der Waals surface area contributed by atoms with Gasteiger partial charge in [-0.3, -0.25) is 4.90 Å². The minimum atomic E-state index is 0.507. The summed E-state index contributed by atoms with van der Waals surface area (Å²) in [6.45, 7) is 14.6. The molecule has 0 unspecified atom stereocenters. The molecule has 1 aliphatic heterocycles. The molecule has 1 aromatic heterocycles. The summed E-state index contributed by atoms with van der Waals surface area (Å²) in [6, 6.07) is 2.14. The highest BCUT2D eigenvalue weighted by Crippen LogP contribution is 2.30. The number of nitrogens with zero attached hydrogens (tertiary/aromatic N) is 1. The van der Waals surface area contributed by atoms with E-state index in [9.17, 15) is 0 Å². The monoisotopic (exact) mass is 292 g/mol. The Balaban J connectivity index is 1.86. The van der Waals surface area contributed by atoms with Crippen molar-refractivity contribution in [1.29, 1.82) is 0 Å². The molecule has 0 spiro atoms. The van der Waals surface area contributed by atoms with E-state index in [4.69, 9.17) is 4.42 Å². The average molecular weight is 292 g/mol. The zero-order valence-corrected chi connectivity index (χ0v) is 14.2. The van der Waals surface area contributed by atoms with Crippen LogP contribution in [-0.2, 0) is 13.1 Å². The molecule has 3 nitrogen and oxygen atoms in total. The highest BCUT2D eigenvalue weighted by Gasteiger charge is 2.23. The van der Waals surface area contributed by atoms with Crippen molar-refractivity contribution in [3.8, 4) is 0 Å². The molecule has 2 heterocycles. The van der Waals surface area contributed by atoms with Gasteiger partial charge in [-0.15, -0.1) is 0 Å². The summed E-state index contributed by atoms with van der Waals surface area (Å²) >= 11 is 0. The molecule has 0 amide bonds. The highest BCUT2D eigenvalue weighted by atomic mass is 16.3. The predicted molar refractivity (Wildman–Crippen MR) is 88.2 cm³/mol. The summed E-state index contributed by atoms with van der Waals surface area (Å²) in [5.41, 5.74) is 1.86. The number of likely N-dealkylation sites (tertiary alicyclic amines) is 1. The van der Waals surface area contributed by atoms with Crippen molar-refractivity contribution in [3.05, 3.63) is 23.7 Å². The molecule has 1 saturated heterocycles. The second-order valence-electron chi connectivity index (χ2n) is 7.69. The molecule has 3 heteroatoms. The van der Waals surface area contributed by atoms with Gasteiger partial charge < -0.3 is 9.73 Å². The van der Waals surface area contributed by atoms with E-state index in [1.807, 2.05) is 6.26 Å². The standard InChI is InChI=1S/C18H32N2O/c1-15(2)12-19-13-17-16(6-11-21-17)14-20-9-5-7-18(3,4)8-10-20/h6,11,15,19H,5,7-10,12-14H2,1-4H3. The van der Waals surface area contributed by atoms with Crippen molar-refractivity contribution in [1.82, 2.24) is 10.2 Å². The fourth-order valence-corrected chi connectivity index (χ4v) is 3.02. The molecule has 1 N–H and O–H groups in total. The van der Waals surface area contributed by atoms with Gasteiger partial charge in [0.05, 0.1) is 12.8 Å². The van der Waals surface area contributed by atoms with Gasteiger partial charge >= 0.3 is 0 Å². The van der Waals surface area contributed by atoms with Crippen LogP contribution in [0, 0.1) is 11.3 Å². The topological polar surface area (TPSA) is 28.4 Å². The molecule has 1 aliphatic rings. The Kier molecular flexibility index (Phi) is 5.88. The van der Waals surface area contributed by atoms with E-state index in [0.29, 0.717) is 11.3 Å². The van der Waals surface area contributed by atoms with Crippen LogP contribution < -0.4 is 5.32 Å². The van der Waals surface area contributed by atoms with Gasteiger partial charge in [-0.2, -0.15) is 0 Å². The summed E-state index contributed by atoms with van der Waals surface area (Å²) in [4.78, 5) is 2.59. The van der Waals surface area contributed by atoms with E-state index in [0.717, 1.165) is 25.4 Å². The molecular formula is C18H32N2O. The van der Waals surface area contributed by atoms with Crippen LogP contribution in [0.25, 0.3) is 0 Å². The van der Waals surface area contributed by atoms with E-state index in [1.54, 1.807) is 0 Å². The Labute approximate surface area is 130 Å². The molecule has 0 aromatic carbocycles. The smallest absolute Gasteiger partial charge is 0.122 e. The Hall–Kier alpha value is -0.800. The first-order chi connectivity index (χ1) is 9.96. The Morgan fingerprint density at radius 3 is 2.86 bits per heavy atom. The lowest BCUT2D eigenvalue weighted by molar-refractivity contribution is 0.254. The van der Waals surface area contributed by atoms with E-state index in [1.165, 1.54) is 37.9 Å². The quantitative estimate of drug-likeness (QED) is 0.858. The second-order valence-corrected chi connectivity index (χ2v) is 7.69. The average Bonchev–Trinajstić information content (AvgIpc) is 2.75. The van der Waals surface area contributed by atoms with Gasteiger partial charge in [0, 0.05) is 12.1 Å². The fourth-order valence-electron chi connectivity index (χ4n) is 3.02. The Bertz CT molecular complexity index is 423. The number of hydrogen-bond acceptors (Lipinski definition) is 3. The SMILES string of the molecule is CC(C)CNCc1occc1CN1CCCC(C)(C)CC1. The molecule has 2 rings (SSSR count). The van der Waals surface area contributed by atoms with Gasteiger partial charge in [0.15, 0.2) is 0 Å². The second kappa shape index (κ2) is 7.46. The lowest BCUT2D eigenvalue weighted by Crippen LogP contribution is -2.26.